The Balaban J connectivity index is 2.09. The molecule has 0 bridgehead atoms. The van der Waals surface area contributed by atoms with Gasteiger partial charge < -0.3 is 5.32 Å². The molecule has 92 valence electrons. The fourth-order valence-electron chi connectivity index (χ4n) is 1.86. The highest BCUT2D eigenvalue weighted by Crippen LogP contribution is 2.29. The van der Waals surface area contributed by atoms with Crippen LogP contribution in [0.2, 0.25) is 0 Å². The van der Waals surface area contributed by atoms with Crippen LogP contribution in [0.25, 0.3) is 0 Å². The molecule has 0 spiro atoms. The first kappa shape index (κ1) is 12.7. The molecule has 1 N–H and O–H groups in total. The van der Waals surface area contributed by atoms with Crippen molar-refractivity contribution >= 4 is 22.7 Å². The maximum Gasteiger partial charge on any atom is 0.0794 e. The van der Waals surface area contributed by atoms with E-state index in [4.69, 9.17) is 0 Å². The van der Waals surface area contributed by atoms with E-state index in [2.05, 4.69) is 48.6 Å². The van der Waals surface area contributed by atoms with Gasteiger partial charge in [0.25, 0.3) is 0 Å². The Kier molecular flexibility index (Phi) is 4.31. The quantitative estimate of drug-likeness (QED) is 0.875. The summed E-state index contributed by atoms with van der Waals surface area (Å²) in [5, 5.41) is 5.84. The van der Waals surface area contributed by atoms with Crippen LogP contribution >= 0.6 is 22.7 Å². The van der Waals surface area contributed by atoms with Gasteiger partial charge in [0.15, 0.2) is 0 Å². The van der Waals surface area contributed by atoms with Crippen LogP contribution in [0.15, 0.2) is 29.2 Å². The van der Waals surface area contributed by atoms with Gasteiger partial charge >= 0.3 is 0 Å². The molecule has 2 rings (SSSR count). The average molecular weight is 266 g/mol. The second-order valence-electron chi connectivity index (χ2n) is 4.53. The molecule has 0 saturated heterocycles. The van der Waals surface area contributed by atoms with Crippen molar-refractivity contribution in [2.75, 3.05) is 0 Å². The third-order valence-corrected chi connectivity index (χ3v) is 4.74. The van der Waals surface area contributed by atoms with E-state index in [1.54, 1.807) is 11.3 Å². The lowest BCUT2D eigenvalue weighted by Crippen LogP contribution is -2.27. The Morgan fingerprint density at radius 1 is 1.18 bits per heavy atom. The monoisotopic (exact) mass is 266 g/mol. The van der Waals surface area contributed by atoms with Crippen LogP contribution in [0.1, 0.15) is 42.6 Å². The van der Waals surface area contributed by atoms with E-state index in [0.29, 0.717) is 18.0 Å². The molecule has 2 nitrogen and oxygen atoms in total. The van der Waals surface area contributed by atoms with Gasteiger partial charge in [0.2, 0.25) is 0 Å². The Bertz CT molecular complexity index is 420. The summed E-state index contributed by atoms with van der Waals surface area (Å²) >= 11 is 3.54. The molecule has 0 radical (unpaired) electrons. The molecule has 0 aliphatic rings. The van der Waals surface area contributed by atoms with E-state index >= 15 is 0 Å². The predicted molar refractivity (Wildman–Crippen MR) is 75.6 cm³/mol. The van der Waals surface area contributed by atoms with E-state index in [-0.39, 0.29) is 0 Å². The zero-order valence-electron chi connectivity index (χ0n) is 10.4. The number of aromatic nitrogens is 1. The molecule has 0 aliphatic heterocycles. The van der Waals surface area contributed by atoms with Crippen LogP contribution in [0, 0.1) is 5.92 Å². The zero-order valence-corrected chi connectivity index (χ0v) is 12.0. The van der Waals surface area contributed by atoms with Crippen molar-refractivity contribution < 1.29 is 0 Å². The maximum atomic E-state index is 4.14. The summed E-state index contributed by atoms with van der Waals surface area (Å²) < 4.78 is 0. The van der Waals surface area contributed by atoms with Gasteiger partial charge in [-0.05, 0) is 24.3 Å². The Morgan fingerprint density at radius 2 is 2.00 bits per heavy atom. The van der Waals surface area contributed by atoms with Crippen molar-refractivity contribution in [2.45, 2.75) is 32.9 Å². The van der Waals surface area contributed by atoms with Crippen molar-refractivity contribution in [1.82, 2.24) is 10.3 Å². The first-order valence-corrected chi connectivity index (χ1v) is 7.62. The zero-order chi connectivity index (χ0) is 12.3. The topological polar surface area (TPSA) is 24.9 Å². The van der Waals surface area contributed by atoms with Crippen LogP contribution in [0.4, 0.5) is 0 Å². The molecule has 2 aromatic rings. The molecule has 2 aromatic heterocycles. The SMILES string of the molecule is CC(NC(c1cccs1)C(C)C)c1cncs1. The lowest BCUT2D eigenvalue weighted by atomic mass is 10.0. The molecule has 0 amide bonds. The number of hydrogen-bond donors (Lipinski definition) is 1. The number of nitrogens with zero attached hydrogens (tertiary/aromatic N) is 1. The highest BCUT2D eigenvalue weighted by molar-refractivity contribution is 7.10. The summed E-state index contributed by atoms with van der Waals surface area (Å²) in [5.74, 6) is 0.587. The van der Waals surface area contributed by atoms with E-state index in [0.717, 1.165) is 0 Å². The molecule has 4 heteroatoms. The molecule has 2 heterocycles. The fourth-order valence-corrected chi connectivity index (χ4v) is 3.46. The number of thiophene rings is 1. The molecule has 2 atom stereocenters. The lowest BCUT2D eigenvalue weighted by Gasteiger charge is -2.25. The minimum absolute atomic E-state index is 0.358. The van der Waals surface area contributed by atoms with Gasteiger partial charge in [-0.2, -0.15) is 0 Å². The molecule has 17 heavy (non-hydrogen) atoms. The largest absolute Gasteiger partial charge is 0.302 e. The predicted octanol–water partition coefficient (Wildman–Crippen LogP) is 4.25. The smallest absolute Gasteiger partial charge is 0.0794 e. The van der Waals surface area contributed by atoms with Gasteiger partial charge in [-0.3, -0.25) is 4.98 Å². The normalized spacial score (nSPS) is 15.1. The van der Waals surface area contributed by atoms with Gasteiger partial charge in [-0.25, -0.2) is 0 Å². The molecule has 0 aromatic carbocycles. The highest BCUT2D eigenvalue weighted by atomic mass is 32.1. The summed E-state index contributed by atoms with van der Waals surface area (Å²) in [4.78, 5) is 6.85. The van der Waals surface area contributed by atoms with Crippen molar-refractivity contribution in [3.63, 3.8) is 0 Å². The van der Waals surface area contributed by atoms with E-state index in [9.17, 15) is 0 Å². The summed E-state index contributed by atoms with van der Waals surface area (Å²) in [6.07, 6.45) is 1.95. The van der Waals surface area contributed by atoms with Crippen molar-refractivity contribution in [3.8, 4) is 0 Å². The number of rotatable bonds is 5. The second kappa shape index (κ2) is 5.76. The summed E-state index contributed by atoms with van der Waals surface area (Å²) in [7, 11) is 0. The molecular formula is C13H18N2S2. The number of nitrogens with one attached hydrogen (secondary N) is 1. The minimum Gasteiger partial charge on any atom is -0.302 e. The molecule has 0 aliphatic carbocycles. The third-order valence-electron chi connectivity index (χ3n) is 2.82. The van der Waals surface area contributed by atoms with Gasteiger partial charge in [-0.15, -0.1) is 22.7 Å². The first-order valence-electron chi connectivity index (χ1n) is 5.86. The van der Waals surface area contributed by atoms with Crippen LogP contribution in [0.3, 0.4) is 0 Å². The number of hydrogen-bond acceptors (Lipinski definition) is 4. The Labute approximate surface area is 111 Å². The third kappa shape index (κ3) is 3.15. The average Bonchev–Trinajstić information content (AvgIpc) is 2.97. The van der Waals surface area contributed by atoms with Crippen molar-refractivity contribution in [1.29, 1.82) is 0 Å². The Hall–Kier alpha value is -0.710. The maximum absolute atomic E-state index is 4.14. The Morgan fingerprint density at radius 3 is 2.53 bits per heavy atom. The fraction of sp³-hybridized carbons (Fsp3) is 0.462. The molecule has 2 unspecified atom stereocenters. The number of thiazole rings is 1. The molecular weight excluding hydrogens is 248 g/mol. The van der Waals surface area contributed by atoms with E-state index < -0.39 is 0 Å². The summed E-state index contributed by atoms with van der Waals surface area (Å²) in [6, 6.07) is 5.11. The van der Waals surface area contributed by atoms with Crippen LogP contribution in [0.5, 0.6) is 0 Å². The van der Waals surface area contributed by atoms with E-state index in [1.807, 2.05) is 23.0 Å². The van der Waals surface area contributed by atoms with Gasteiger partial charge in [0.1, 0.15) is 0 Å². The molecule has 0 saturated carbocycles. The molecule has 0 fully saturated rings. The second-order valence-corrected chi connectivity index (χ2v) is 6.43. The van der Waals surface area contributed by atoms with Gasteiger partial charge in [0, 0.05) is 28.0 Å². The standard InChI is InChI=1S/C13H18N2S2/c1-9(2)13(11-5-4-6-16-11)15-10(3)12-7-14-8-17-12/h4-10,13,15H,1-3H3. The lowest BCUT2D eigenvalue weighted by molar-refractivity contribution is 0.381. The minimum atomic E-state index is 0.358. The van der Waals surface area contributed by atoms with Crippen LogP contribution in [-0.2, 0) is 0 Å². The van der Waals surface area contributed by atoms with Crippen LogP contribution in [-0.4, -0.2) is 4.98 Å². The van der Waals surface area contributed by atoms with Crippen molar-refractivity contribution in [2.24, 2.45) is 5.92 Å². The highest BCUT2D eigenvalue weighted by Gasteiger charge is 2.19. The first-order chi connectivity index (χ1) is 8.18. The van der Waals surface area contributed by atoms with Gasteiger partial charge in [-0.1, -0.05) is 19.9 Å². The van der Waals surface area contributed by atoms with E-state index in [1.165, 1.54) is 9.75 Å². The van der Waals surface area contributed by atoms with Gasteiger partial charge in [0.05, 0.1) is 5.51 Å². The summed E-state index contributed by atoms with van der Waals surface area (Å²) in [6.45, 7) is 6.73. The van der Waals surface area contributed by atoms with Crippen LogP contribution < -0.4 is 5.32 Å². The van der Waals surface area contributed by atoms with Crippen molar-refractivity contribution in [3.05, 3.63) is 39.0 Å². The summed E-state index contributed by atoms with van der Waals surface area (Å²) in [5.41, 5.74) is 1.89.